The van der Waals surface area contributed by atoms with Crippen LogP contribution in [0.25, 0.3) is 0 Å². The molecule has 0 radical (unpaired) electrons. The molecule has 0 unspecified atom stereocenters. The van der Waals surface area contributed by atoms with Crippen LogP contribution < -0.4 is 10.0 Å². The molecule has 10 heteroatoms. The maximum atomic E-state index is 13.2. The Kier molecular flexibility index (Phi) is 8.44. The van der Waals surface area contributed by atoms with E-state index in [1.807, 2.05) is 42.5 Å². The SMILES string of the molecule is O=C(COC(=O)CCNS(=O)(=O)c1ccc(F)c(F)c1)Nc1ccccc1Cc1ccccc1. The highest BCUT2D eigenvalue weighted by Crippen LogP contribution is 2.19. The van der Waals surface area contributed by atoms with E-state index in [9.17, 15) is 26.8 Å². The number of ether oxygens (including phenoxy) is 1. The summed E-state index contributed by atoms with van der Waals surface area (Å²) in [4.78, 5) is 23.6. The number of nitrogens with one attached hydrogen (secondary N) is 2. The Morgan fingerprint density at radius 1 is 0.882 bits per heavy atom. The molecule has 0 atom stereocenters. The summed E-state index contributed by atoms with van der Waals surface area (Å²) in [5, 5.41) is 2.70. The highest BCUT2D eigenvalue weighted by Gasteiger charge is 2.17. The summed E-state index contributed by atoms with van der Waals surface area (Å²) >= 11 is 0. The molecule has 0 bridgehead atoms. The third kappa shape index (κ3) is 7.19. The zero-order chi connectivity index (χ0) is 24.6. The molecule has 3 aromatic rings. The summed E-state index contributed by atoms with van der Waals surface area (Å²) in [6.07, 6.45) is 0.246. The average molecular weight is 489 g/mol. The number of carbonyl (C=O) groups is 2. The van der Waals surface area contributed by atoms with Gasteiger partial charge in [-0.3, -0.25) is 9.59 Å². The summed E-state index contributed by atoms with van der Waals surface area (Å²) in [6.45, 7) is -0.893. The van der Waals surface area contributed by atoms with Crippen LogP contribution in [0.15, 0.2) is 77.7 Å². The lowest BCUT2D eigenvalue weighted by atomic mass is 10.0. The molecule has 0 aliphatic heterocycles. The Balaban J connectivity index is 1.46. The van der Waals surface area contributed by atoms with E-state index < -0.39 is 45.0 Å². The number of hydrogen-bond acceptors (Lipinski definition) is 5. The van der Waals surface area contributed by atoms with Crippen LogP contribution in [0.4, 0.5) is 14.5 Å². The molecule has 34 heavy (non-hydrogen) atoms. The number of halogens is 2. The maximum absolute atomic E-state index is 13.2. The summed E-state index contributed by atoms with van der Waals surface area (Å²) in [5.41, 5.74) is 2.55. The predicted molar refractivity (Wildman–Crippen MR) is 121 cm³/mol. The van der Waals surface area contributed by atoms with Crippen LogP contribution >= 0.6 is 0 Å². The van der Waals surface area contributed by atoms with Crippen molar-refractivity contribution in [1.29, 1.82) is 0 Å². The zero-order valence-corrected chi connectivity index (χ0v) is 18.8. The topological polar surface area (TPSA) is 102 Å². The highest BCUT2D eigenvalue weighted by atomic mass is 32.2. The second-order valence-corrected chi connectivity index (χ2v) is 9.02. The van der Waals surface area contributed by atoms with Gasteiger partial charge >= 0.3 is 5.97 Å². The quantitative estimate of drug-likeness (QED) is 0.426. The number of para-hydroxylation sites is 1. The number of carbonyl (C=O) groups excluding carboxylic acids is 2. The lowest BCUT2D eigenvalue weighted by molar-refractivity contribution is -0.147. The van der Waals surface area contributed by atoms with Gasteiger partial charge < -0.3 is 10.1 Å². The van der Waals surface area contributed by atoms with Crippen LogP contribution in [0.2, 0.25) is 0 Å². The number of sulfonamides is 1. The van der Waals surface area contributed by atoms with Crippen molar-refractivity contribution < 1.29 is 31.5 Å². The van der Waals surface area contributed by atoms with E-state index in [4.69, 9.17) is 4.74 Å². The summed E-state index contributed by atoms with van der Waals surface area (Å²) < 4.78 is 57.4. The summed E-state index contributed by atoms with van der Waals surface area (Å²) in [7, 11) is -4.14. The van der Waals surface area contributed by atoms with Crippen LogP contribution in [-0.2, 0) is 30.8 Å². The zero-order valence-electron chi connectivity index (χ0n) is 18.0. The van der Waals surface area contributed by atoms with E-state index >= 15 is 0 Å². The van der Waals surface area contributed by atoms with Gasteiger partial charge in [-0.1, -0.05) is 48.5 Å². The van der Waals surface area contributed by atoms with Gasteiger partial charge in [0.1, 0.15) is 0 Å². The molecule has 1 amide bonds. The van der Waals surface area contributed by atoms with Gasteiger partial charge in [0.2, 0.25) is 10.0 Å². The Morgan fingerprint density at radius 2 is 1.59 bits per heavy atom. The lowest BCUT2D eigenvalue weighted by Crippen LogP contribution is -2.28. The molecule has 178 valence electrons. The van der Waals surface area contributed by atoms with Crippen LogP contribution in [0.5, 0.6) is 0 Å². The molecule has 0 aliphatic carbocycles. The van der Waals surface area contributed by atoms with Crippen LogP contribution in [-0.4, -0.2) is 33.4 Å². The number of rotatable bonds is 10. The van der Waals surface area contributed by atoms with Crippen molar-refractivity contribution >= 4 is 27.6 Å². The molecule has 0 saturated heterocycles. The first-order chi connectivity index (χ1) is 16.2. The predicted octanol–water partition coefficient (Wildman–Crippen LogP) is 3.41. The number of esters is 1. The molecular weight excluding hydrogens is 466 g/mol. The first-order valence-corrected chi connectivity index (χ1v) is 11.7. The van der Waals surface area contributed by atoms with Crippen molar-refractivity contribution in [2.45, 2.75) is 17.7 Å². The number of benzene rings is 3. The molecule has 3 aromatic carbocycles. The summed E-state index contributed by atoms with van der Waals surface area (Å²) in [5.74, 6) is -3.83. The maximum Gasteiger partial charge on any atom is 0.307 e. The number of hydrogen-bond donors (Lipinski definition) is 2. The van der Waals surface area contributed by atoms with Gasteiger partial charge in [-0.15, -0.1) is 0 Å². The molecule has 7 nitrogen and oxygen atoms in total. The van der Waals surface area contributed by atoms with E-state index in [-0.39, 0.29) is 13.0 Å². The normalized spacial score (nSPS) is 11.1. The minimum absolute atomic E-state index is 0.346. The standard InChI is InChI=1S/C24H22F2N2O5S/c25-20-11-10-19(15-21(20)26)34(31,32)27-13-12-24(30)33-16-23(29)28-22-9-5-4-8-18(22)14-17-6-2-1-3-7-17/h1-11,15,27H,12-14,16H2,(H,28,29). The highest BCUT2D eigenvalue weighted by molar-refractivity contribution is 7.89. The van der Waals surface area contributed by atoms with Crippen molar-refractivity contribution in [3.8, 4) is 0 Å². The van der Waals surface area contributed by atoms with Gasteiger partial charge in [0.15, 0.2) is 18.2 Å². The minimum Gasteiger partial charge on any atom is -0.456 e. The third-order valence-corrected chi connectivity index (χ3v) is 6.17. The van der Waals surface area contributed by atoms with Crippen molar-refractivity contribution in [2.75, 3.05) is 18.5 Å². The van der Waals surface area contributed by atoms with Crippen LogP contribution in [0.3, 0.4) is 0 Å². The smallest absolute Gasteiger partial charge is 0.307 e. The number of amides is 1. The lowest BCUT2D eigenvalue weighted by Gasteiger charge is -2.12. The van der Waals surface area contributed by atoms with E-state index in [0.29, 0.717) is 24.2 Å². The molecule has 2 N–H and O–H groups in total. The monoisotopic (exact) mass is 488 g/mol. The first kappa shape index (κ1) is 25.0. The molecule has 3 rings (SSSR count). The molecule has 0 aromatic heterocycles. The fraction of sp³-hybridized carbons (Fsp3) is 0.167. The van der Waals surface area contributed by atoms with Gasteiger partial charge in [0, 0.05) is 12.2 Å². The van der Waals surface area contributed by atoms with Gasteiger partial charge in [0.25, 0.3) is 5.91 Å². The molecule has 0 spiro atoms. The Bertz CT molecular complexity index is 1270. The number of anilines is 1. The fourth-order valence-electron chi connectivity index (χ4n) is 3.03. The molecule has 0 heterocycles. The van der Waals surface area contributed by atoms with E-state index in [1.165, 1.54) is 0 Å². The second kappa shape index (κ2) is 11.5. The largest absolute Gasteiger partial charge is 0.456 e. The van der Waals surface area contributed by atoms with Crippen molar-refractivity contribution in [3.05, 3.63) is 95.6 Å². The fourth-order valence-corrected chi connectivity index (χ4v) is 4.07. The molecular formula is C24H22F2N2O5S. The first-order valence-electron chi connectivity index (χ1n) is 10.3. The van der Waals surface area contributed by atoms with E-state index in [0.717, 1.165) is 17.2 Å². The Hall–Kier alpha value is -3.63. The second-order valence-electron chi connectivity index (χ2n) is 7.25. The molecule has 0 aliphatic rings. The average Bonchev–Trinajstić information content (AvgIpc) is 2.81. The Labute approximate surface area is 195 Å². The van der Waals surface area contributed by atoms with Gasteiger partial charge in [-0.25, -0.2) is 21.9 Å². The van der Waals surface area contributed by atoms with Crippen molar-refractivity contribution in [3.63, 3.8) is 0 Å². The van der Waals surface area contributed by atoms with Crippen LogP contribution in [0, 0.1) is 11.6 Å². The van der Waals surface area contributed by atoms with Gasteiger partial charge in [0.05, 0.1) is 11.3 Å². The molecule has 0 fully saturated rings. The van der Waals surface area contributed by atoms with E-state index in [1.54, 1.807) is 12.1 Å². The molecule has 0 saturated carbocycles. The van der Waals surface area contributed by atoms with Crippen molar-refractivity contribution in [1.82, 2.24) is 4.72 Å². The van der Waals surface area contributed by atoms with Gasteiger partial charge in [-0.2, -0.15) is 0 Å². The van der Waals surface area contributed by atoms with Crippen LogP contribution in [0.1, 0.15) is 17.5 Å². The minimum atomic E-state index is -4.14. The third-order valence-electron chi connectivity index (χ3n) is 4.72. The van der Waals surface area contributed by atoms with E-state index in [2.05, 4.69) is 10.0 Å². The van der Waals surface area contributed by atoms with Gasteiger partial charge in [-0.05, 0) is 41.8 Å². The van der Waals surface area contributed by atoms with Crippen molar-refractivity contribution in [2.24, 2.45) is 0 Å². The summed E-state index contributed by atoms with van der Waals surface area (Å²) in [6, 6.07) is 19.1. The Morgan fingerprint density at radius 3 is 2.32 bits per heavy atom.